The molecule has 0 radical (unpaired) electrons. The number of aromatic nitrogens is 2. The number of benzene rings is 2. The predicted octanol–water partition coefficient (Wildman–Crippen LogP) is 4.35. The van der Waals surface area contributed by atoms with Crippen LogP contribution in [0.2, 0.25) is 0 Å². The van der Waals surface area contributed by atoms with Crippen molar-refractivity contribution < 1.29 is 19.0 Å². The second-order valence-electron chi connectivity index (χ2n) is 8.83. The highest BCUT2D eigenvalue weighted by molar-refractivity contribution is 5.95. The van der Waals surface area contributed by atoms with E-state index in [4.69, 9.17) is 24.9 Å². The van der Waals surface area contributed by atoms with E-state index in [0.717, 1.165) is 36.1 Å². The van der Waals surface area contributed by atoms with Crippen LogP contribution in [0.25, 0.3) is 10.9 Å². The largest absolute Gasteiger partial charge is 0.496 e. The van der Waals surface area contributed by atoms with Crippen LogP contribution in [0.3, 0.4) is 0 Å². The molecule has 3 aromatic rings. The monoisotopic (exact) mass is 509 g/mol. The third-order valence-corrected chi connectivity index (χ3v) is 6.61. The maximum absolute atomic E-state index is 13.2. The molecular weight excluding hydrogens is 470 g/mol. The van der Waals surface area contributed by atoms with Crippen molar-refractivity contribution in [1.29, 1.82) is 0 Å². The molecule has 9 heteroatoms. The Hall–Kier alpha value is -3.75. The van der Waals surface area contributed by atoms with E-state index in [1.807, 2.05) is 26.1 Å². The van der Waals surface area contributed by atoms with E-state index >= 15 is 0 Å². The number of rotatable bonds is 12. The van der Waals surface area contributed by atoms with Crippen molar-refractivity contribution in [3.05, 3.63) is 41.0 Å². The Balaban J connectivity index is 1.73. The molecule has 0 aliphatic heterocycles. The van der Waals surface area contributed by atoms with Gasteiger partial charge in [-0.2, -0.15) is 4.98 Å². The number of fused-ring (bicyclic) bond motifs is 1. The van der Waals surface area contributed by atoms with Gasteiger partial charge in [-0.3, -0.25) is 4.79 Å². The average Bonchev–Trinajstić information content (AvgIpc) is 2.92. The summed E-state index contributed by atoms with van der Waals surface area (Å²) < 4.78 is 16.4. The minimum atomic E-state index is 0.00217. The van der Waals surface area contributed by atoms with Gasteiger partial charge in [0.25, 0.3) is 5.91 Å². The zero-order valence-corrected chi connectivity index (χ0v) is 23.1. The van der Waals surface area contributed by atoms with Crippen LogP contribution in [-0.4, -0.2) is 68.8 Å². The van der Waals surface area contributed by atoms with E-state index in [2.05, 4.69) is 23.7 Å². The molecule has 0 aliphatic carbocycles. The van der Waals surface area contributed by atoms with Crippen molar-refractivity contribution in [2.24, 2.45) is 0 Å². The summed E-state index contributed by atoms with van der Waals surface area (Å²) in [5, 5.41) is 0.708. The molecule has 3 rings (SSSR count). The quantitative estimate of drug-likeness (QED) is 0.384. The lowest BCUT2D eigenvalue weighted by molar-refractivity contribution is 0.0794. The van der Waals surface area contributed by atoms with Gasteiger partial charge >= 0.3 is 0 Å². The van der Waals surface area contributed by atoms with Gasteiger partial charge in [-0.1, -0.05) is 13.8 Å². The van der Waals surface area contributed by atoms with E-state index < -0.39 is 0 Å². The maximum atomic E-state index is 13.2. The third kappa shape index (κ3) is 5.98. The number of nitrogen functional groups attached to an aromatic ring is 1. The fraction of sp³-hybridized carbons (Fsp3) is 0.464. The first-order valence-electron chi connectivity index (χ1n) is 12.7. The number of anilines is 2. The van der Waals surface area contributed by atoms with Crippen molar-refractivity contribution in [1.82, 2.24) is 14.9 Å². The van der Waals surface area contributed by atoms with Crippen LogP contribution in [0, 0.1) is 0 Å². The summed E-state index contributed by atoms with van der Waals surface area (Å²) in [5.41, 5.74) is 9.76. The van der Waals surface area contributed by atoms with Crippen molar-refractivity contribution in [2.75, 3.05) is 58.6 Å². The number of hydrogen-bond acceptors (Lipinski definition) is 8. The van der Waals surface area contributed by atoms with Crippen molar-refractivity contribution >= 4 is 28.6 Å². The van der Waals surface area contributed by atoms with Gasteiger partial charge in [-0.15, -0.1) is 0 Å². The van der Waals surface area contributed by atoms with Crippen LogP contribution in [0.1, 0.15) is 48.7 Å². The van der Waals surface area contributed by atoms with Crippen molar-refractivity contribution in [3.63, 3.8) is 0 Å². The molecule has 0 saturated heterocycles. The number of hydrogen-bond donors (Lipinski definition) is 1. The Bertz CT molecular complexity index is 1220. The highest BCUT2D eigenvalue weighted by atomic mass is 16.5. The topological polar surface area (TPSA) is 103 Å². The van der Waals surface area contributed by atoms with E-state index in [-0.39, 0.29) is 5.91 Å². The molecule has 0 spiro atoms. The normalized spacial score (nSPS) is 10.9. The van der Waals surface area contributed by atoms with Crippen molar-refractivity contribution in [2.45, 2.75) is 40.0 Å². The highest BCUT2D eigenvalue weighted by Gasteiger charge is 2.18. The lowest BCUT2D eigenvalue weighted by atomic mass is 10.00. The molecular formula is C28H39N5O4. The lowest BCUT2D eigenvalue weighted by Gasteiger charge is -2.24. The second kappa shape index (κ2) is 12.5. The Morgan fingerprint density at radius 3 is 2.05 bits per heavy atom. The van der Waals surface area contributed by atoms with E-state index in [1.165, 1.54) is 0 Å². The minimum absolute atomic E-state index is 0.00217. The van der Waals surface area contributed by atoms with Crippen LogP contribution < -0.4 is 24.8 Å². The first-order valence-corrected chi connectivity index (χ1v) is 12.7. The van der Waals surface area contributed by atoms with E-state index in [0.29, 0.717) is 59.4 Å². The zero-order valence-electron chi connectivity index (χ0n) is 23.1. The molecule has 0 aliphatic rings. The van der Waals surface area contributed by atoms with Crippen molar-refractivity contribution in [3.8, 4) is 17.2 Å². The summed E-state index contributed by atoms with van der Waals surface area (Å²) in [6.07, 6.45) is 2.36. The van der Waals surface area contributed by atoms with E-state index in [1.54, 1.807) is 38.4 Å². The standard InChI is InChI=1S/C28H39N5O4/c1-8-18-14-20(15-19(9-2)25(18)37-7)27(34)32(4)12-11-13-33(10-3)28-30-22-17-24(36-6)23(35-5)16-21(22)26(29)31-28/h14-17H,8-13H2,1-7H3,(H2,29,30,31). The van der Waals surface area contributed by atoms with Crippen LogP contribution in [-0.2, 0) is 12.8 Å². The molecule has 200 valence electrons. The number of nitrogens with two attached hydrogens (primary N) is 1. The molecule has 1 amide bonds. The Morgan fingerprint density at radius 2 is 1.51 bits per heavy atom. The summed E-state index contributed by atoms with van der Waals surface area (Å²) in [7, 11) is 6.68. The van der Waals surface area contributed by atoms with Gasteiger partial charge in [0.2, 0.25) is 5.95 Å². The van der Waals surface area contributed by atoms with Gasteiger partial charge < -0.3 is 29.7 Å². The van der Waals surface area contributed by atoms with Crippen LogP contribution in [0.4, 0.5) is 11.8 Å². The number of carbonyl (C=O) groups is 1. The number of methoxy groups -OCH3 is 3. The number of ether oxygens (including phenoxy) is 3. The summed E-state index contributed by atoms with van der Waals surface area (Å²) in [5.74, 6) is 2.97. The Labute approximate surface area is 219 Å². The predicted molar refractivity (Wildman–Crippen MR) is 148 cm³/mol. The van der Waals surface area contributed by atoms with Crippen LogP contribution in [0.5, 0.6) is 17.2 Å². The molecule has 9 nitrogen and oxygen atoms in total. The zero-order chi connectivity index (χ0) is 27.1. The summed E-state index contributed by atoms with van der Waals surface area (Å²) in [6, 6.07) is 7.49. The van der Waals surface area contributed by atoms with Crippen LogP contribution in [0.15, 0.2) is 24.3 Å². The molecule has 0 bridgehead atoms. The van der Waals surface area contributed by atoms with E-state index in [9.17, 15) is 4.79 Å². The summed E-state index contributed by atoms with van der Waals surface area (Å²) in [4.78, 5) is 26.3. The molecule has 0 saturated carbocycles. The Kier molecular flexibility index (Phi) is 9.38. The number of aryl methyl sites for hydroxylation is 2. The molecule has 1 heterocycles. The number of carbonyl (C=O) groups excluding carboxylic acids is 1. The van der Waals surface area contributed by atoms with Gasteiger partial charge in [0.1, 0.15) is 11.6 Å². The molecule has 2 N–H and O–H groups in total. The minimum Gasteiger partial charge on any atom is -0.496 e. The Morgan fingerprint density at radius 1 is 0.892 bits per heavy atom. The molecule has 0 atom stereocenters. The van der Waals surface area contributed by atoms with Gasteiger partial charge in [-0.25, -0.2) is 4.98 Å². The van der Waals surface area contributed by atoms with Gasteiger partial charge in [0.05, 0.1) is 26.8 Å². The molecule has 37 heavy (non-hydrogen) atoms. The highest BCUT2D eigenvalue weighted by Crippen LogP contribution is 2.34. The molecule has 0 fully saturated rings. The molecule has 1 aromatic heterocycles. The first kappa shape index (κ1) is 27.8. The fourth-order valence-corrected chi connectivity index (χ4v) is 4.49. The molecule has 0 unspecified atom stereocenters. The first-order chi connectivity index (χ1) is 17.8. The number of nitrogens with zero attached hydrogens (tertiary/aromatic N) is 4. The third-order valence-electron chi connectivity index (χ3n) is 6.61. The average molecular weight is 510 g/mol. The smallest absolute Gasteiger partial charge is 0.253 e. The fourth-order valence-electron chi connectivity index (χ4n) is 4.49. The maximum Gasteiger partial charge on any atom is 0.253 e. The van der Waals surface area contributed by atoms with Gasteiger partial charge in [0, 0.05) is 43.7 Å². The molecule has 2 aromatic carbocycles. The van der Waals surface area contributed by atoms with Gasteiger partial charge in [-0.05, 0) is 55.5 Å². The second-order valence-corrected chi connectivity index (χ2v) is 8.83. The summed E-state index contributed by atoms with van der Waals surface area (Å²) >= 11 is 0. The van der Waals surface area contributed by atoms with Gasteiger partial charge in [0.15, 0.2) is 11.5 Å². The number of amides is 1. The lowest BCUT2D eigenvalue weighted by Crippen LogP contribution is -2.32. The SMILES string of the molecule is CCc1cc(C(=O)N(C)CCCN(CC)c2nc(N)c3cc(OC)c(OC)cc3n2)cc(CC)c1OC. The summed E-state index contributed by atoms with van der Waals surface area (Å²) in [6.45, 7) is 8.16. The van der Waals surface area contributed by atoms with Crippen LogP contribution >= 0.6 is 0 Å².